The van der Waals surface area contributed by atoms with Crippen LogP contribution < -0.4 is 0 Å². The first-order valence-electron chi connectivity index (χ1n) is 7.09. The minimum absolute atomic E-state index is 0.0357. The minimum atomic E-state index is -3.09. The van der Waals surface area contributed by atoms with E-state index in [1.165, 1.54) is 6.26 Å². The Morgan fingerprint density at radius 3 is 2.57 bits per heavy atom. The first kappa shape index (κ1) is 15.9. The number of nitrogens with zero attached hydrogens (tertiary/aromatic N) is 3. The fourth-order valence-electron chi connectivity index (χ4n) is 2.99. The summed E-state index contributed by atoms with van der Waals surface area (Å²) < 4.78 is 25.1. The molecule has 1 N–H and O–H groups in total. The molecule has 1 aromatic rings. The average molecular weight is 315 g/mol. The topological polar surface area (TPSA) is 102 Å². The zero-order chi connectivity index (χ0) is 15.8. The first-order chi connectivity index (χ1) is 9.71. The van der Waals surface area contributed by atoms with Crippen molar-refractivity contribution in [2.24, 2.45) is 0 Å². The molecule has 1 aliphatic carbocycles. The number of sulfone groups is 1. The maximum absolute atomic E-state index is 11.8. The minimum Gasteiger partial charge on any atom is -0.476 e. The zero-order valence-corrected chi connectivity index (χ0v) is 13.3. The van der Waals surface area contributed by atoms with E-state index < -0.39 is 15.8 Å². The van der Waals surface area contributed by atoms with Crippen molar-refractivity contribution in [2.75, 3.05) is 6.26 Å². The predicted molar refractivity (Wildman–Crippen MR) is 77.2 cm³/mol. The highest BCUT2D eigenvalue weighted by Crippen LogP contribution is 2.34. The van der Waals surface area contributed by atoms with Gasteiger partial charge in [-0.1, -0.05) is 25.5 Å². The second-order valence-electron chi connectivity index (χ2n) is 6.00. The van der Waals surface area contributed by atoms with Crippen LogP contribution in [0.15, 0.2) is 0 Å². The third-order valence-electron chi connectivity index (χ3n) is 4.03. The van der Waals surface area contributed by atoms with Crippen molar-refractivity contribution in [1.82, 2.24) is 15.0 Å². The van der Waals surface area contributed by atoms with E-state index in [0.29, 0.717) is 18.5 Å². The van der Waals surface area contributed by atoms with Gasteiger partial charge in [-0.3, -0.25) is 0 Å². The summed E-state index contributed by atoms with van der Waals surface area (Å²) in [5.74, 6) is -1.13. The van der Waals surface area contributed by atoms with Crippen molar-refractivity contribution >= 4 is 15.8 Å². The molecule has 21 heavy (non-hydrogen) atoms. The van der Waals surface area contributed by atoms with Gasteiger partial charge in [0.25, 0.3) is 0 Å². The summed E-state index contributed by atoms with van der Waals surface area (Å²) in [4.78, 5) is 11.2. The molecule has 1 heterocycles. The number of aromatic nitrogens is 3. The van der Waals surface area contributed by atoms with Crippen LogP contribution in [0.4, 0.5) is 0 Å². The van der Waals surface area contributed by atoms with Crippen LogP contribution in [-0.2, 0) is 9.84 Å². The molecule has 7 nitrogen and oxygen atoms in total. The number of aromatic carboxylic acids is 1. The molecule has 0 aliphatic heterocycles. The van der Waals surface area contributed by atoms with Gasteiger partial charge < -0.3 is 5.11 Å². The highest BCUT2D eigenvalue weighted by atomic mass is 32.2. The van der Waals surface area contributed by atoms with Crippen molar-refractivity contribution < 1.29 is 18.3 Å². The highest BCUT2D eigenvalue weighted by molar-refractivity contribution is 7.91. The van der Waals surface area contributed by atoms with E-state index in [-0.39, 0.29) is 22.9 Å². The quantitative estimate of drug-likeness (QED) is 0.906. The van der Waals surface area contributed by atoms with E-state index in [1.54, 1.807) is 4.68 Å². The third kappa shape index (κ3) is 3.25. The van der Waals surface area contributed by atoms with Gasteiger partial charge in [-0.05, 0) is 25.2 Å². The van der Waals surface area contributed by atoms with Crippen LogP contribution in [0.25, 0.3) is 0 Å². The third-order valence-corrected chi connectivity index (χ3v) is 5.67. The second kappa shape index (κ2) is 5.75. The van der Waals surface area contributed by atoms with Crippen LogP contribution in [0, 0.1) is 0 Å². The number of hydrogen-bond acceptors (Lipinski definition) is 5. The number of hydrogen-bond donors (Lipinski definition) is 1. The zero-order valence-electron chi connectivity index (χ0n) is 12.5. The number of carboxylic acids is 1. The van der Waals surface area contributed by atoms with Gasteiger partial charge in [0, 0.05) is 6.26 Å². The molecular weight excluding hydrogens is 294 g/mol. The van der Waals surface area contributed by atoms with Crippen LogP contribution in [-0.4, -0.2) is 46.0 Å². The van der Waals surface area contributed by atoms with Gasteiger partial charge in [0.1, 0.15) is 9.84 Å². The van der Waals surface area contributed by atoms with Gasteiger partial charge in [0.2, 0.25) is 0 Å². The number of carbonyl (C=O) groups is 1. The molecular formula is C13H21N3O4S. The lowest BCUT2D eigenvalue weighted by Crippen LogP contribution is -2.30. The molecule has 1 fully saturated rings. The SMILES string of the molecule is CC(C)c1c(C(=O)O)nnn1C1CCCC(S(C)(=O)=O)C1. The molecule has 0 amide bonds. The number of rotatable bonds is 4. The largest absolute Gasteiger partial charge is 0.476 e. The Kier molecular flexibility index (Phi) is 4.36. The van der Waals surface area contributed by atoms with Gasteiger partial charge in [-0.2, -0.15) is 0 Å². The fraction of sp³-hybridized carbons (Fsp3) is 0.769. The second-order valence-corrected chi connectivity index (χ2v) is 8.33. The summed E-state index contributed by atoms with van der Waals surface area (Å²) in [6, 6.07) is -0.100. The Bertz CT molecular complexity index is 636. The van der Waals surface area contributed by atoms with Crippen LogP contribution >= 0.6 is 0 Å². The Morgan fingerprint density at radius 1 is 1.38 bits per heavy atom. The van der Waals surface area contributed by atoms with Gasteiger partial charge in [-0.15, -0.1) is 5.10 Å². The maximum atomic E-state index is 11.8. The molecule has 1 saturated carbocycles. The molecule has 0 bridgehead atoms. The molecule has 1 aliphatic rings. The predicted octanol–water partition coefficient (Wildman–Crippen LogP) is 1.63. The fourth-order valence-corrected chi connectivity index (χ4v) is 4.16. The van der Waals surface area contributed by atoms with Crippen molar-refractivity contribution in [3.63, 3.8) is 0 Å². The molecule has 2 atom stereocenters. The Labute approximate surface area is 124 Å². The number of carboxylic acid groups (broad SMARTS) is 1. The van der Waals surface area contributed by atoms with E-state index in [9.17, 15) is 18.3 Å². The lowest BCUT2D eigenvalue weighted by Gasteiger charge is -2.29. The molecule has 0 aromatic carbocycles. The molecule has 2 unspecified atom stereocenters. The van der Waals surface area contributed by atoms with E-state index >= 15 is 0 Å². The molecule has 0 spiro atoms. The highest BCUT2D eigenvalue weighted by Gasteiger charge is 2.33. The van der Waals surface area contributed by atoms with Gasteiger partial charge in [0.05, 0.1) is 17.0 Å². The van der Waals surface area contributed by atoms with E-state index in [4.69, 9.17) is 0 Å². The van der Waals surface area contributed by atoms with Crippen molar-refractivity contribution in [2.45, 2.75) is 56.7 Å². The van der Waals surface area contributed by atoms with Gasteiger partial charge >= 0.3 is 5.97 Å². The summed E-state index contributed by atoms with van der Waals surface area (Å²) >= 11 is 0. The Morgan fingerprint density at radius 2 is 2.05 bits per heavy atom. The van der Waals surface area contributed by atoms with Crippen LogP contribution in [0.5, 0.6) is 0 Å². The molecule has 0 saturated heterocycles. The van der Waals surface area contributed by atoms with Crippen LogP contribution in [0.3, 0.4) is 0 Å². The Balaban J connectivity index is 2.36. The summed E-state index contributed by atoms with van der Waals surface area (Å²) in [5, 5.41) is 16.6. The van der Waals surface area contributed by atoms with Crippen molar-refractivity contribution in [3.05, 3.63) is 11.4 Å². The molecule has 118 valence electrons. The smallest absolute Gasteiger partial charge is 0.358 e. The van der Waals surface area contributed by atoms with Gasteiger partial charge in [-0.25, -0.2) is 17.9 Å². The summed E-state index contributed by atoms with van der Waals surface area (Å²) in [6.45, 7) is 3.77. The van der Waals surface area contributed by atoms with Crippen LogP contribution in [0.2, 0.25) is 0 Å². The standard InChI is InChI=1S/C13H21N3O4S/c1-8(2)12-11(13(17)18)14-15-16(12)9-5-4-6-10(7-9)21(3,19)20/h8-10H,4-7H2,1-3H3,(H,17,18). The van der Waals surface area contributed by atoms with E-state index in [2.05, 4.69) is 10.3 Å². The molecule has 2 rings (SSSR count). The average Bonchev–Trinajstić information content (AvgIpc) is 2.82. The molecule has 0 radical (unpaired) electrons. The molecule has 1 aromatic heterocycles. The van der Waals surface area contributed by atoms with Crippen molar-refractivity contribution in [1.29, 1.82) is 0 Å². The first-order valence-corrected chi connectivity index (χ1v) is 9.04. The van der Waals surface area contributed by atoms with Crippen LogP contribution in [0.1, 0.15) is 67.7 Å². The maximum Gasteiger partial charge on any atom is 0.358 e. The lowest BCUT2D eigenvalue weighted by atomic mass is 9.94. The Hall–Kier alpha value is -1.44. The molecule has 8 heteroatoms. The summed E-state index contributed by atoms with van der Waals surface area (Å²) in [6.07, 6.45) is 3.98. The van der Waals surface area contributed by atoms with E-state index in [1.807, 2.05) is 13.8 Å². The summed E-state index contributed by atoms with van der Waals surface area (Å²) in [7, 11) is -3.09. The summed E-state index contributed by atoms with van der Waals surface area (Å²) in [5.41, 5.74) is 0.535. The van der Waals surface area contributed by atoms with Gasteiger partial charge in [0.15, 0.2) is 5.69 Å². The van der Waals surface area contributed by atoms with E-state index in [0.717, 1.165) is 12.8 Å². The normalized spacial score (nSPS) is 23.4. The lowest BCUT2D eigenvalue weighted by molar-refractivity contribution is 0.0688. The van der Waals surface area contributed by atoms with Crippen molar-refractivity contribution in [3.8, 4) is 0 Å². The monoisotopic (exact) mass is 315 g/mol.